The topological polar surface area (TPSA) is 71.5 Å². The molecule has 1 saturated heterocycles. The van der Waals surface area contributed by atoms with Gasteiger partial charge in [-0.1, -0.05) is 12.1 Å². The van der Waals surface area contributed by atoms with Gasteiger partial charge in [-0.15, -0.1) is 11.3 Å². The van der Waals surface area contributed by atoms with E-state index in [-0.39, 0.29) is 18.5 Å². The van der Waals surface area contributed by atoms with Crippen molar-refractivity contribution in [2.24, 2.45) is 0 Å². The Hall–Kier alpha value is -1.99. The van der Waals surface area contributed by atoms with Crippen LogP contribution in [-0.2, 0) is 14.3 Å². The summed E-state index contributed by atoms with van der Waals surface area (Å²) >= 11 is 1.74. The lowest BCUT2D eigenvalue weighted by Gasteiger charge is -2.22. The van der Waals surface area contributed by atoms with Gasteiger partial charge in [-0.05, 0) is 31.5 Å². The highest BCUT2D eigenvalue weighted by molar-refractivity contribution is 7.18. The van der Waals surface area contributed by atoms with Gasteiger partial charge in [0.25, 0.3) is 0 Å². The largest absolute Gasteiger partial charge is 0.468 e. The van der Waals surface area contributed by atoms with Gasteiger partial charge in [0, 0.05) is 13.0 Å². The van der Waals surface area contributed by atoms with E-state index in [1.165, 1.54) is 11.8 Å². The molecule has 2 aromatic rings. The van der Waals surface area contributed by atoms with Crippen molar-refractivity contribution >= 4 is 33.4 Å². The van der Waals surface area contributed by atoms with Crippen LogP contribution in [0.5, 0.6) is 0 Å². The summed E-state index contributed by atoms with van der Waals surface area (Å²) in [7, 11) is 1.31. The highest BCUT2D eigenvalue weighted by atomic mass is 32.1. The zero-order valence-electron chi connectivity index (χ0n) is 13.7. The van der Waals surface area contributed by atoms with Gasteiger partial charge in [0.05, 0.1) is 23.4 Å². The third kappa shape index (κ3) is 3.91. The molecule has 1 N–H and O–H groups in total. The monoisotopic (exact) mass is 347 g/mol. The number of carbonyl (C=O) groups is 2. The highest BCUT2D eigenvalue weighted by Crippen LogP contribution is 2.36. The first-order chi connectivity index (χ1) is 11.7. The Morgan fingerprint density at radius 3 is 3.04 bits per heavy atom. The lowest BCUT2D eigenvalue weighted by atomic mass is 10.2. The number of amides is 1. The lowest BCUT2D eigenvalue weighted by Crippen LogP contribution is -2.33. The van der Waals surface area contributed by atoms with Gasteiger partial charge in [0.1, 0.15) is 11.6 Å². The Morgan fingerprint density at radius 2 is 2.25 bits per heavy atom. The van der Waals surface area contributed by atoms with Crippen molar-refractivity contribution in [1.29, 1.82) is 0 Å². The summed E-state index contributed by atoms with van der Waals surface area (Å²) in [5.74, 6) is -0.563. The second kappa shape index (κ2) is 7.72. The molecule has 2 heterocycles. The maximum atomic E-state index is 11.8. The molecule has 0 aliphatic carbocycles. The Balaban J connectivity index is 1.57. The summed E-state index contributed by atoms with van der Waals surface area (Å²) in [4.78, 5) is 30.0. The lowest BCUT2D eigenvalue weighted by molar-refractivity contribution is -0.141. The van der Waals surface area contributed by atoms with Crippen LogP contribution in [0.25, 0.3) is 10.2 Å². The predicted molar refractivity (Wildman–Crippen MR) is 92.8 cm³/mol. The van der Waals surface area contributed by atoms with Crippen molar-refractivity contribution < 1.29 is 14.3 Å². The number of fused-ring (bicyclic) bond motifs is 1. The highest BCUT2D eigenvalue weighted by Gasteiger charge is 2.28. The molecule has 1 aliphatic rings. The van der Waals surface area contributed by atoms with E-state index in [1.54, 1.807) is 11.3 Å². The van der Waals surface area contributed by atoms with E-state index < -0.39 is 5.97 Å². The average molecular weight is 347 g/mol. The molecule has 24 heavy (non-hydrogen) atoms. The summed E-state index contributed by atoms with van der Waals surface area (Å²) in [5.41, 5.74) is 1.04. The molecule has 0 saturated carbocycles. The van der Waals surface area contributed by atoms with Crippen molar-refractivity contribution in [3.05, 3.63) is 29.3 Å². The number of nitrogens with zero attached hydrogens (tertiary/aromatic N) is 2. The third-order valence-corrected chi connectivity index (χ3v) is 5.38. The second-order valence-corrected chi connectivity index (χ2v) is 6.88. The molecule has 1 unspecified atom stereocenters. The molecular formula is C17H21N3O3S. The predicted octanol–water partition coefficient (Wildman–Crippen LogP) is 2.11. The molecule has 3 rings (SSSR count). The summed E-state index contributed by atoms with van der Waals surface area (Å²) in [6.45, 7) is 1.58. The number of benzene rings is 1. The molecule has 1 aromatic carbocycles. The number of likely N-dealkylation sites (tertiary alicyclic amines) is 1. The quantitative estimate of drug-likeness (QED) is 0.811. The number of hydrogen-bond donors (Lipinski definition) is 1. The summed E-state index contributed by atoms with van der Waals surface area (Å²) in [5, 5.41) is 3.71. The minimum atomic E-state index is -0.433. The fourth-order valence-electron chi connectivity index (χ4n) is 2.98. The molecular weight excluding hydrogens is 326 g/mol. The number of ether oxygens (including phenoxy) is 1. The SMILES string of the molecule is COC(=O)CNC(=O)CCN1CCCC1c1nc2ccccc2s1. The van der Waals surface area contributed by atoms with Crippen LogP contribution in [0.15, 0.2) is 24.3 Å². The number of carbonyl (C=O) groups excluding carboxylic acids is 2. The van der Waals surface area contributed by atoms with Gasteiger partial charge < -0.3 is 10.1 Å². The molecule has 1 aromatic heterocycles. The number of thiazole rings is 1. The third-order valence-electron chi connectivity index (χ3n) is 4.24. The Labute approximate surface area is 144 Å². The normalized spacial score (nSPS) is 18.0. The van der Waals surface area contributed by atoms with Crippen LogP contribution in [0.4, 0.5) is 0 Å². The van der Waals surface area contributed by atoms with E-state index in [4.69, 9.17) is 4.98 Å². The van der Waals surface area contributed by atoms with Crippen molar-refractivity contribution in [2.45, 2.75) is 25.3 Å². The van der Waals surface area contributed by atoms with Crippen molar-refractivity contribution in [2.75, 3.05) is 26.7 Å². The van der Waals surface area contributed by atoms with Gasteiger partial charge in [-0.3, -0.25) is 14.5 Å². The number of aromatic nitrogens is 1. The maximum Gasteiger partial charge on any atom is 0.325 e. The minimum absolute atomic E-state index is 0.0728. The van der Waals surface area contributed by atoms with Gasteiger partial charge in [0.2, 0.25) is 5.91 Å². The van der Waals surface area contributed by atoms with Crippen LogP contribution in [0.2, 0.25) is 0 Å². The number of rotatable bonds is 6. The van der Waals surface area contributed by atoms with Crippen LogP contribution >= 0.6 is 11.3 Å². The van der Waals surface area contributed by atoms with E-state index in [9.17, 15) is 9.59 Å². The van der Waals surface area contributed by atoms with E-state index in [0.717, 1.165) is 29.9 Å². The number of methoxy groups -OCH3 is 1. The van der Waals surface area contributed by atoms with E-state index in [1.807, 2.05) is 18.2 Å². The number of para-hydroxylation sites is 1. The van der Waals surface area contributed by atoms with Crippen molar-refractivity contribution in [1.82, 2.24) is 15.2 Å². The molecule has 6 nitrogen and oxygen atoms in total. The fraction of sp³-hybridized carbons (Fsp3) is 0.471. The second-order valence-electron chi connectivity index (χ2n) is 5.82. The smallest absolute Gasteiger partial charge is 0.325 e. The van der Waals surface area contributed by atoms with Crippen LogP contribution in [-0.4, -0.2) is 48.5 Å². The fourth-order valence-corrected chi connectivity index (χ4v) is 4.12. The van der Waals surface area contributed by atoms with Crippen molar-refractivity contribution in [3.8, 4) is 0 Å². The zero-order valence-corrected chi connectivity index (χ0v) is 14.5. The van der Waals surface area contributed by atoms with E-state index in [2.05, 4.69) is 21.0 Å². The van der Waals surface area contributed by atoms with E-state index in [0.29, 0.717) is 13.0 Å². The van der Waals surface area contributed by atoms with E-state index >= 15 is 0 Å². The number of nitrogens with one attached hydrogen (secondary N) is 1. The molecule has 128 valence electrons. The van der Waals surface area contributed by atoms with Crippen molar-refractivity contribution in [3.63, 3.8) is 0 Å². The molecule has 1 amide bonds. The van der Waals surface area contributed by atoms with Gasteiger partial charge >= 0.3 is 5.97 Å². The Kier molecular flexibility index (Phi) is 5.42. The maximum absolute atomic E-state index is 11.8. The number of hydrogen-bond acceptors (Lipinski definition) is 6. The first-order valence-electron chi connectivity index (χ1n) is 8.10. The first-order valence-corrected chi connectivity index (χ1v) is 8.92. The average Bonchev–Trinajstić information content (AvgIpc) is 3.23. The van der Waals surface area contributed by atoms with Gasteiger partial charge in [-0.2, -0.15) is 0 Å². The Morgan fingerprint density at radius 1 is 1.42 bits per heavy atom. The van der Waals surface area contributed by atoms with Crippen LogP contribution in [0.1, 0.15) is 30.3 Å². The van der Waals surface area contributed by atoms with Crippen LogP contribution < -0.4 is 5.32 Å². The van der Waals surface area contributed by atoms with Crippen LogP contribution in [0.3, 0.4) is 0 Å². The molecule has 0 radical (unpaired) electrons. The van der Waals surface area contributed by atoms with Gasteiger partial charge in [0.15, 0.2) is 0 Å². The molecule has 7 heteroatoms. The zero-order chi connectivity index (χ0) is 16.9. The number of esters is 1. The minimum Gasteiger partial charge on any atom is -0.468 e. The standard InChI is InChI=1S/C17H21N3O3S/c1-23-16(22)11-18-15(21)8-10-20-9-4-6-13(20)17-19-12-5-2-3-7-14(12)24-17/h2-3,5,7,13H,4,6,8-11H2,1H3,(H,18,21). The molecule has 0 spiro atoms. The summed E-state index contributed by atoms with van der Waals surface area (Å²) in [6, 6.07) is 8.45. The Bertz CT molecular complexity index is 698. The molecule has 1 fully saturated rings. The molecule has 1 aliphatic heterocycles. The first kappa shape index (κ1) is 16.9. The van der Waals surface area contributed by atoms with Crippen LogP contribution in [0, 0.1) is 0 Å². The summed E-state index contributed by atoms with van der Waals surface area (Å²) in [6.07, 6.45) is 2.56. The molecule has 1 atom stereocenters. The van der Waals surface area contributed by atoms with Gasteiger partial charge in [-0.25, -0.2) is 4.98 Å². The summed E-state index contributed by atoms with van der Waals surface area (Å²) < 4.78 is 5.72. The molecule has 0 bridgehead atoms.